The molecule has 4 nitrogen and oxygen atoms in total. The Morgan fingerprint density at radius 3 is 2.33 bits per heavy atom. The van der Waals surface area contributed by atoms with Crippen molar-refractivity contribution in [1.82, 2.24) is 4.90 Å². The molecule has 1 aliphatic rings. The molecular formula is C6H15Cl2N3O. The SMILES string of the molecule is Cl.Cl.NCC1CCN(C(N)=O)C1. The zero-order valence-corrected chi connectivity index (χ0v) is 8.37. The van der Waals surface area contributed by atoms with E-state index in [-0.39, 0.29) is 30.8 Å². The van der Waals surface area contributed by atoms with Crippen LogP contribution >= 0.6 is 24.8 Å². The zero-order valence-electron chi connectivity index (χ0n) is 6.73. The molecule has 74 valence electrons. The molecule has 1 saturated heterocycles. The highest BCUT2D eigenvalue weighted by Gasteiger charge is 2.22. The van der Waals surface area contributed by atoms with Crippen molar-refractivity contribution in [1.29, 1.82) is 0 Å². The molecule has 1 fully saturated rings. The third-order valence-electron chi connectivity index (χ3n) is 1.93. The number of likely N-dealkylation sites (tertiary alicyclic amines) is 1. The van der Waals surface area contributed by atoms with Gasteiger partial charge in [-0.3, -0.25) is 0 Å². The van der Waals surface area contributed by atoms with Crippen molar-refractivity contribution in [2.75, 3.05) is 19.6 Å². The predicted octanol–water partition coefficient (Wildman–Crippen LogP) is 0.189. The highest BCUT2D eigenvalue weighted by Crippen LogP contribution is 2.13. The van der Waals surface area contributed by atoms with Gasteiger partial charge in [-0.15, -0.1) is 24.8 Å². The number of rotatable bonds is 1. The first-order chi connectivity index (χ1) is 4.74. The molecule has 2 amide bonds. The normalized spacial score (nSPS) is 21.1. The topological polar surface area (TPSA) is 72.3 Å². The Morgan fingerprint density at radius 1 is 1.50 bits per heavy atom. The molecule has 1 atom stereocenters. The van der Waals surface area contributed by atoms with E-state index in [1.54, 1.807) is 4.90 Å². The maximum Gasteiger partial charge on any atom is 0.314 e. The molecule has 4 N–H and O–H groups in total. The van der Waals surface area contributed by atoms with Crippen LogP contribution in [0.15, 0.2) is 0 Å². The van der Waals surface area contributed by atoms with Crippen LogP contribution in [-0.4, -0.2) is 30.6 Å². The van der Waals surface area contributed by atoms with Crippen molar-refractivity contribution in [2.24, 2.45) is 17.4 Å². The first kappa shape index (κ1) is 14.3. The van der Waals surface area contributed by atoms with Gasteiger partial charge in [0, 0.05) is 13.1 Å². The van der Waals surface area contributed by atoms with Crippen LogP contribution < -0.4 is 11.5 Å². The monoisotopic (exact) mass is 215 g/mol. The van der Waals surface area contributed by atoms with Crippen LogP contribution in [0.1, 0.15) is 6.42 Å². The second-order valence-electron chi connectivity index (χ2n) is 2.67. The van der Waals surface area contributed by atoms with E-state index in [0.717, 1.165) is 19.5 Å². The standard InChI is InChI=1S/C6H13N3O.2ClH/c7-3-5-1-2-9(4-5)6(8)10;;/h5H,1-4,7H2,(H2,8,10);2*1H. The van der Waals surface area contributed by atoms with Gasteiger partial charge in [0.05, 0.1) is 0 Å². The third-order valence-corrected chi connectivity index (χ3v) is 1.93. The van der Waals surface area contributed by atoms with Crippen LogP contribution in [0.4, 0.5) is 4.79 Å². The molecule has 0 spiro atoms. The van der Waals surface area contributed by atoms with Crippen molar-refractivity contribution in [3.8, 4) is 0 Å². The summed E-state index contributed by atoms with van der Waals surface area (Å²) >= 11 is 0. The van der Waals surface area contributed by atoms with Gasteiger partial charge < -0.3 is 16.4 Å². The van der Waals surface area contributed by atoms with Crippen LogP contribution in [0, 0.1) is 5.92 Å². The fourth-order valence-corrected chi connectivity index (χ4v) is 1.23. The Bertz CT molecular complexity index is 145. The van der Waals surface area contributed by atoms with Gasteiger partial charge in [0.25, 0.3) is 0 Å². The third kappa shape index (κ3) is 3.47. The van der Waals surface area contributed by atoms with Gasteiger partial charge in [0.15, 0.2) is 0 Å². The number of nitrogens with zero attached hydrogens (tertiary/aromatic N) is 1. The van der Waals surface area contributed by atoms with E-state index in [9.17, 15) is 4.79 Å². The highest BCUT2D eigenvalue weighted by molar-refractivity contribution is 5.85. The number of hydrogen-bond acceptors (Lipinski definition) is 2. The molecule has 0 aromatic rings. The molecule has 12 heavy (non-hydrogen) atoms. The maximum atomic E-state index is 10.6. The Kier molecular flexibility index (Phi) is 7.58. The number of nitrogens with two attached hydrogens (primary N) is 2. The van der Waals surface area contributed by atoms with E-state index in [0.29, 0.717) is 12.5 Å². The van der Waals surface area contributed by atoms with Gasteiger partial charge in [-0.2, -0.15) is 0 Å². The lowest BCUT2D eigenvalue weighted by Crippen LogP contribution is -2.34. The molecular weight excluding hydrogens is 201 g/mol. The number of primary amides is 1. The second kappa shape index (κ2) is 6.34. The van der Waals surface area contributed by atoms with Crippen molar-refractivity contribution in [3.05, 3.63) is 0 Å². The van der Waals surface area contributed by atoms with E-state index in [1.165, 1.54) is 0 Å². The number of carbonyl (C=O) groups is 1. The lowest BCUT2D eigenvalue weighted by atomic mass is 10.1. The van der Waals surface area contributed by atoms with Crippen LogP contribution in [-0.2, 0) is 0 Å². The number of amides is 2. The highest BCUT2D eigenvalue weighted by atomic mass is 35.5. The number of halogens is 2. The van der Waals surface area contributed by atoms with Gasteiger partial charge in [-0.1, -0.05) is 0 Å². The molecule has 0 aliphatic carbocycles. The van der Waals surface area contributed by atoms with Crippen molar-refractivity contribution < 1.29 is 4.79 Å². The molecule has 1 aliphatic heterocycles. The maximum absolute atomic E-state index is 10.6. The smallest absolute Gasteiger partial charge is 0.314 e. The summed E-state index contributed by atoms with van der Waals surface area (Å²) in [6.07, 6.45) is 0.999. The predicted molar refractivity (Wildman–Crippen MR) is 52.8 cm³/mol. The average Bonchev–Trinajstić information content (AvgIpc) is 2.34. The fourth-order valence-electron chi connectivity index (χ4n) is 1.23. The average molecular weight is 216 g/mol. The summed E-state index contributed by atoms with van der Waals surface area (Å²) in [7, 11) is 0. The van der Waals surface area contributed by atoms with Crippen LogP contribution in [0.2, 0.25) is 0 Å². The van der Waals surface area contributed by atoms with Crippen LogP contribution in [0.5, 0.6) is 0 Å². The van der Waals surface area contributed by atoms with Gasteiger partial charge in [0.1, 0.15) is 0 Å². The molecule has 0 aromatic heterocycles. The minimum atomic E-state index is -0.323. The summed E-state index contributed by atoms with van der Waals surface area (Å²) in [5, 5.41) is 0. The lowest BCUT2D eigenvalue weighted by molar-refractivity contribution is 0.217. The van der Waals surface area contributed by atoms with Crippen LogP contribution in [0.3, 0.4) is 0 Å². The van der Waals surface area contributed by atoms with Gasteiger partial charge in [0.2, 0.25) is 0 Å². The zero-order chi connectivity index (χ0) is 7.56. The number of carbonyl (C=O) groups excluding carboxylic acids is 1. The summed E-state index contributed by atoms with van der Waals surface area (Å²) in [5.74, 6) is 0.465. The fraction of sp³-hybridized carbons (Fsp3) is 0.833. The largest absolute Gasteiger partial charge is 0.351 e. The summed E-state index contributed by atoms with van der Waals surface area (Å²) in [6.45, 7) is 2.17. The second-order valence-corrected chi connectivity index (χ2v) is 2.67. The first-order valence-electron chi connectivity index (χ1n) is 3.48. The van der Waals surface area contributed by atoms with Crippen LogP contribution in [0.25, 0.3) is 0 Å². The van der Waals surface area contributed by atoms with Gasteiger partial charge >= 0.3 is 6.03 Å². The van der Waals surface area contributed by atoms with Gasteiger partial charge in [-0.05, 0) is 18.9 Å². The molecule has 0 saturated carbocycles. The molecule has 1 rings (SSSR count). The molecule has 0 radical (unpaired) electrons. The molecule has 1 unspecified atom stereocenters. The minimum absolute atomic E-state index is 0. The van der Waals surface area contributed by atoms with E-state index in [4.69, 9.17) is 11.5 Å². The first-order valence-corrected chi connectivity index (χ1v) is 3.48. The number of urea groups is 1. The minimum Gasteiger partial charge on any atom is -0.351 e. The lowest BCUT2D eigenvalue weighted by Gasteiger charge is -2.11. The summed E-state index contributed by atoms with van der Waals surface area (Å²) in [5.41, 5.74) is 10.5. The van der Waals surface area contributed by atoms with Gasteiger partial charge in [-0.25, -0.2) is 4.79 Å². The van der Waals surface area contributed by atoms with Crippen molar-refractivity contribution in [2.45, 2.75) is 6.42 Å². The molecule has 1 heterocycles. The molecule has 0 bridgehead atoms. The Labute approximate surface area is 84.5 Å². The summed E-state index contributed by atoms with van der Waals surface area (Å²) in [4.78, 5) is 12.2. The quantitative estimate of drug-likeness (QED) is 0.656. The van der Waals surface area contributed by atoms with E-state index < -0.39 is 0 Å². The van der Waals surface area contributed by atoms with E-state index in [2.05, 4.69) is 0 Å². The van der Waals surface area contributed by atoms with E-state index >= 15 is 0 Å². The van der Waals surface area contributed by atoms with Crippen molar-refractivity contribution in [3.63, 3.8) is 0 Å². The molecule has 0 aromatic carbocycles. The Balaban J connectivity index is 0. The number of hydrogen-bond donors (Lipinski definition) is 2. The Hall–Kier alpha value is -0.190. The Morgan fingerprint density at radius 2 is 2.08 bits per heavy atom. The van der Waals surface area contributed by atoms with Crippen molar-refractivity contribution >= 4 is 30.8 Å². The summed E-state index contributed by atoms with van der Waals surface area (Å²) < 4.78 is 0. The molecule has 6 heteroatoms. The van der Waals surface area contributed by atoms with E-state index in [1.807, 2.05) is 0 Å². The summed E-state index contributed by atoms with van der Waals surface area (Å²) in [6, 6.07) is -0.323.